The van der Waals surface area contributed by atoms with Crippen LogP contribution in [0.1, 0.15) is 238 Å². The Morgan fingerprint density at radius 1 is 0.386 bits per heavy atom. The van der Waals surface area contributed by atoms with E-state index in [2.05, 4.69) is 42.3 Å². The fourth-order valence-electron chi connectivity index (χ4n) is 7.03. The molecule has 44 heavy (non-hydrogen) atoms. The van der Waals surface area contributed by atoms with Crippen LogP contribution in [0, 0.1) is 0 Å². The minimum atomic E-state index is 1.23. The lowest BCUT2D eigenvalue weighted by molar-refractivity contribution is -0.704. The van der Waals surface area contributed by atoms with E-state index in [4.69, 9.17) is 0 Å². The second-order valence-electron chi connectivity index (χ2n) is 14.5. The van der Waals surface area contributed by atoms with E-state index < -0.39 is 0 Å². The molecule has 0 spiro atoms. The van der Waals surface area contributed by atoms with Crippen molar-refractivity contribution in [1.82, 2.24) is 4.57 Å². The van der Waals surface area contributed by atoms with Gasteiger partial charge < -0.3 is 0 Å². The van der Waals surface area contributed by atoms with Crippen LogP contribution in [0.2, 0.25) is 0 Å². The summed E-state index contributed by atoms with van der Waals surface area (Å²) in [5.41, 5.74) is 0. The van der Waals surface area contributed by atoms with Gasteiger partial charge in [0.15, 0.2) is 0 Å². The van der Waals surface area contributed by atoms with Crippen molar-refractivity contribution in [3.8, 4) is 0 Å². The molecule has 1 rings (SSSR count). The second kappa shape index (κ2) is 33.6. The van der Waals surface area contributed by atoms with E-state index in [-0.39, 0.29) is 0 Å². The van der Waals surface area contributed by atoms with E-state index in [0.29, 0.717) is 0 Å². The SMILES string of the molecule is CCCCCCCCCCCCCCn1cc[n+](CCCCCCCCCCCCCC)c1CCCCCCCCCCC. The highest BCUT2D eigenvalue weighted by molar-refractivity contribution is 4.84. The van der Waals surface area contributed by atoms with Crippen LogP contribution in [-0.4, -0.2) is 4.57 Å². The van der Waals surface area contributed by atoms with Crippen LogP contribution < -0.4 is 4.57 Å². The molecule has 0 saturated heterocycles. The van der Waals surface area contributed by atoms with E-state index in [9.17, 15) is 0 Å². The summed E-state index contributed by atoms with van der Waals surface area (Å²) in [6.45, 7) is 9.41. The second-order valence-corrected chi connectivity index (χ2v) is 14.5. The van der Waals surface area contributed by atoms with Gasteiger partial charge in [0, 0.05) is 6.42 Å². The highest BCUT2D eigenvalue weighted by atomic mass is 15.1. The van der Waals surface area contributed by atoms with Crippen molar-refractivity contribution in [2.45, 2.75) is 252 Å². The molecule has 1 heterocycles. The van der Waals surface area contributed by atoms with Crippen LogP contribution in [0.4, 0.5) is 0 Å². The Labute approximate surface area is 279 Å². The molecule has 260 valence electrons. The summed E-state index contributed by atoms with van der Waals surface area (Å²) < 4.78 is 5.28. The number of nitrogens with zero attached hydrogens (tertiary/aromatic N) is 2. The standard InChI is InChI=1S/C42H83N2/c1-4-7-10-13-16-19-21-23-26-29-32-35-38-43-40-41-44(42(43)37-34-31-28-25-18-15-12-9-6-3)39-36-33-30-27-24-22-20-17-14-11-8-5-2/h40-41H,4-39H2,1-3H3/q+1. The molecule has 0 amide bonds. The lowest BCUT2D eigenvalue weighted by Crippen LogP contribution is -2.37. The number of hydrogen-bond acceptors (Lipinski definition) is 0. The smallest absolute Gasteiger partial charge is 0.234 e. The zero-order valence-electron chi connectivity index (χ0n) is 31.0. The Bertz CT molecular complexity index is 632. The maximum Gasteiger partial charge on any atom is 0.256 e. The first-order chi connectivity index (χ1) is 21.8. The molecule has 0 atom stereocenters. The molecule has 0 aliphatic heterocycles. The van der Waals surface area contributed by atoms with Gasteiger partial charge >= 0.3 is 0 Å². The van der Waals surface area contributed by atoms with Crippen molar-refractivity contribution in [3.05, 3.63) is 18.2 Å². The van der Waals surface area contributed by atoms with E-state index in [1.165, 1.54) is 231 Å². The Kier molecular flexibility index (Phi) is 31.5. The van der Waals surface area contributed by atoms with Gasteiger partial charge in [-0.15, -0.1) is 0 Å². The van der Waals surface area contributed by atoms with Crippen molar-refractivity contribution in [1.29, 1.82) is 0 Å². The predicted octanol–water partition coefficient (Wildman–Crippen LogP) is 14.3. The Morgan fingerprint density at radius 2 is 0.705 bits per heavy atom. The maximum absolute atomic E-state index is 2.64. The van der Waals surface area contributed by atoms with Crippen molar-refractivity contribution >= 4 is 0 Å². The van der Waals surface area contributed by atoms with Gasteiger partial charge in [-0.3, -0.25) is 0 Å². The summed E-state index contributed by atoms with van der Waals surface area (Å²) in [4.78, 5) is 0. The number of aromatic nitrogens is 2. The zero-order valence-corrected chi connectivity index (χ0v) is 31.0. The first-order valence-corrected chi connectivity index (χ1v) is 20.9. The molecule has 2 heteroatoms. The van der Waals surface area contributed by atoms with Crippen LogP contribution in [0.15, 0.2) is 12.4 Å². The highest BCUT2D eigenvalue weighted by Gasteiger charge is 2.16. The molecule has 2 nitrogen and oxygen atoms in total. The van der Waals surface area contributed by atoms with E-state index in [1.807, 2.05) is 0 Å². The summed E-state index contributed by atoms with van der Waals surface area (Å²) >= 11 is 0. The number of hydrogen-bond donors (Lipinski definition) is 0. The molecule has 0 aliphatic rings. The minimum Gasteiger partial charge on any atom is -0.234 e. The molecular formula is C42H83N2+. The third-order valence-corrected chi connectivity index (χ3v) is 10.1. The number of unbranched alkanes of at least 4 members (excludes halogenated alkanes) is 30. The van der Waals surface area contributed by atoms with Crippen molar-refractivity contribution in [2.75, 3.05) is 0 Å². The monoisotopic (exact) mass is 616 g/mol. The first-order valence-electron chi connectivity index (χ1n) is 20.9. The van der Waals surface area contributed by atoms with Crippen molar-refractivity contribution in [3.63, 3.8) is 0 Å². The van der Waals surface area contributed by atoms with E-state index in [0.717, 1.165) is 0 Å². The van der Waals surface area contributed by atoms with Crippen LogP contribution in [0.5, 0.6) is 0 Å². The largest absolute Gasteiger partial charge is 0.256 e. The van der Waals surface area contributed by atoms with Crippen molar-refractivity contribution in [2.24, 2.45) is 0 Å². The Morgan fingerprint density at radius 3 is 1.09 bits per heavy atom. The first kappa shape index (κ1) is 41.2. The topological polar surface area (TPSA) is 8.81 Å². The van der Waals surface area contributed by atoms with Gasteiger partial charge in [0.2, 0.25) is 0 Å². The summed E-state index contributed by atoms with van der Waals surface area (Å²) in [6.07, 6.45) is 53.4. The average molecular weight is 616 g/mol. The lowest BCUT2D eigenvalue weighted by atomic mass is 10.1. The van der Waals surface area contributed by atoms with Crippen LogP contribution in [0.25, 0.3) is 0 Å². The summed E-state index contributed by atoms with van der Waals surface area (Å²) in [6, 6.07) is 0. The van der Waals surface area contributed by atoms with Gasteiger partial charge in [-0.25, -0.2) is 9.13 Å². The quantitative estimate of drug-likeness (QED) is 0.0524. The van der Waals surface area contributed by atoms with Gasteiger partial charge in [-0.05, 0) is 32.1 Å². The van der Waals surface area contributed by atoms with E-state index in [1.54, 1.807) is 5.82 Å². The summed E-state index contributed by atoms with van der Waals surface area (Å²) in [5, 5.41) is 0. The summed E-state index contributed by atoms with van der Waals surface area (Å²) in [7, 11) is 0. The van der Waals surface area contributed by atoms with Gasteiger partial charge in [-0.2, -0.15) is 0 Å². The molecule has 0 N–H and O–H groups in total. The van der Waals surface area contributed by atoms with Crippen molar-refractivity contribution < 1.29 is 4.57 Å². The molecular weight excluding hydrogens is 532 g/mol. The van der Waals surface area contributed by atoms with E-state index >= 15 is 0 Å². The minimum absolute atomic E-state index is 1.23. The Hall–Kier alpha value is -0.790. The lowest BCUT2D eigenvalue weighted by Gasteiger charge is -2.07. The predicted molar refractivity (Wildman–Crippen MR) is 198 cm³/mol. The highest BCUT2D eigenvalue weighted by Crippen LogP contribution is 2.15. The fraction of sp³-hybridized carbons (Fsp3) is 0.929. The van der Waals surface area contributed by atoms with Gasteiger partial charge in [0.05, 0.1) is 13.1 Å². The van der Waals surface area contributed by atoms with Gasteiger partial charge in [0.1, 0.15) is 12.4 Å². The fourth-order valence-corrected chi connectivity index (χ4v) is 7.03. The number of imidazole rings is 1. The molecule has 1 aromatic heterocycles. The maximum atomic E-state index is 2.64. The van der Waals surface area contributed by atoms with Crippen LogP contribution in [-0.2, 0) is 19.5 Å². The number of rotatable bonds is 36. The van der Waals surface area contributed by atoms with Crippen LogP contribution >= 0.6 is 0 Å². The number of aryl methyl sites for hydroxylation is 2. The molecule has 1 aromatic rings. The third-order valence-electron chi connectivity index (χ3n) is 10.1. The normalized spacial score (nSPS) is 11.6. The Balaban J connectivity index is 2.29. The molecule has 0 bridgehead atoms. The molecule has 0 aromatic carbocycles. The molecule has 0 unspecified atom stereocenters. The average Bonchev–Trinajstić information content (AvgIpc) is 3.42. The molecule has 0 saturated carbocycles. The molecule has 0 radical (unpaired) electrons. The zero-order chi connectivity index (χ0) is 31.6. The van der Waals surface area contributed by atoms with Crippen LogP contribution in [0.3, 0.4) is 0 Å². The summed E-state index contributed by atoms with van der Waals surface area (Å²) in [5.74, 6) is 1.62. The third kappa shape index (κ3) is 25.4. The van der Waals surface area contributed by atoms with Gasteiger partial charge in [0.25, 0.3) is 5.82 Å². The molecule has 0 fully saturated rings. The molecule has 0 aliphatic carbocycles. The van der Waals surface area contributed by atoms with Gasteiger partial charge in [-0.1, -0.05) is 201 Å².